The van der Waals surface area contributed by atoms with Gasteiger partial charge in [-0.25, -0.2) is 4.79 Å². The summed E-state index contributed by atoms with van der Waals surface area (Å²) in [5.41, 5.74) is 0. The third-order valence-corrected chi connectivity index (χ3v) is 1.74. The van der Waals surface area contributed by atoms with Crippen molar-refractivity contribution in [3.8, 4) is 0 Å². The largest absolute Gasteiger partial charge is 0.458 e. The highest BCUT2D eigenvalue weighted by Crippen LogP contribution is 1.86. The lowest BCUT2D eigenvalue weighted by Gasteiger charge is -1.94. The maximum absolute atomic E-state index is 11.2. The molecule has 0 aliphatic carbocycles. The fourth-order valence-electron chi connectivity index (χ4n) is 0.925. The molecule has 0 saturated heterocycles. The minimum atomic E-state index is -0.345. The van der Waals surface area contributed by atoms with E-state index in [9.17, 15) is 4.79 Å². The molecule has 96 valence electrons. The first kappa shape index (κ1) is 15.9. The third-order valence-electron chi connectivity index (χ3n) is 1.74. The van der Waals surface area contributed by atoms with E-state index in [2.05, 4.69) is 0 Å². The molecule has 0 N–H and O–H groups in total. The van der Waals surface area contributed by atoms with E-state index < -0.39 is 0 Å². The van der Waals surface area contributed by atoms with Crippen LogP contribution in [-0.4, -0.2) is 12.6 Å². The molecule has 0 rings (SSSR count). The number of carbonyl (C=O) groups excluding carboxylic acids is 1. The van der Waals surface area contributed by atoms with Gasteiger partial charge in [0.05, 0.1) is 0 Å². The molecule has 0 saturated carbocycles. The Hall–Kier alpha value is -2.09. The fraction of sp³-hybridized carbons (Fsp3) is 0.188. The van der Waals surface area contributed by atoms with E-state index in [1.807, 2.05) is 62.5 Å². The normalized spacial score (nSPS) is 13.2. The molecule has 0 aromatic rings. The number of hydrogen-bond donors (Lipinski definition) is 0. The molecule has 0 bridgehead atoms. The predicted molar refractivity (Wildman–Crippen MR) is 77.1 cm³/mol. The van der Waals surface area contributed by atoms with Gasteiger partial charge in [-0.1, -0.05) is 60.8 Å². The Morgan fingerprint density at radius 2 is 1.39 bits per heavy atom. The van der Waals surface area contributed by atoms with Crippen LogP contribution in [0.4, 0.5) is 0 Å². The molecule has 2 heteroatoms. The molecule has 2 nitrogen and oxygen atoms in total. The SMILES string of the molecule is C/C=C/C=C/C=C/COC(=O)/C=C/C=C/C=C/C. The van der Waals surface area contributed by atoms with E-state index in [1.165, 1.54) is 6.08 Å². The Labute approximate surface area is 109 Å². The van der Waals surface area contributed by atoms with Crippen molar-refractivity contribution in [3.05, 3.63) is 72.9 Å². The van der Waals surface area contributed by atoms with Crippen LogP contribution in [0.15, 0.2) is 72.9 Å². The average molecular weight is 244 g/mol. The molecule has 0 aliphatic heterocycles. The number of rotatable bonds is 7. The highest BCUT2D eigenvalue weighted by Gasteiger charge is 1.91. The van der Waals surface area contributed by atoms with E-state index in [0.717, 1.165) is 0 Å². The highest BCUT2D eigenvalue weighted by atomic mass is 16.5. The van der Waals surface area contributed by atoms with Crippen molar-refractivity contribution in [2.24, 2.45) is 0 Å². The lowest BCUT2D eigenvalue weighted by molar-refractivity contribution is -0.136. The Morgan fingerprint density at radius 3 is 2.00 bits per heavy atom. The number of carbonyl (C=O) groups is 1. The van der Waals surface area contributed by atoms with E-state index in [0.29, 0.717) is 0 Å². The zero-order valence-corrected chi connectivity index (χ0v) is 11.0. The first-order valence-electron chi connectivity index (χ1n) is 5.88. The highest BCUT2D eigenvalue weighted by molar-refractivity contribution is 5.82. The molecule has 0 atom stereocenters. The zero-order valence-electron chi connectivity index (χ0n) is 11.0. The minimum absolute atomic E-state index is 0.280. The van der Waals surface area contributed by atoms with Gasteiger partial charge in [0, 0.05) is 6.08 Å². The van der Waals surface area contributed by atoms with Gasteiger partial charge >= 0.3 is 5.97 Å². The van der Waals surface area contributed by atoms with Gasteiger partial charge in [0.1, 0.15) is 6.61 Å². The number of hydrogen-bond acceptors (Lipinski definition) is 2. The van der Waals surface area contributed by atoms with Gasteiger partial charge in [0.2, 0.25) is 0 Å². The Balaban J connectivity index is 3.77. The van der Waals surface area contributed by atoms with E-state index in [4.69, 9.17) is 4.74 Å². The van der Waals surface area contributed by atoms with Crippen LogP contribution in [0.1, 0.15) is 13.8 Å². The standard InChI is InChI=1S/C16H20O2/c1-3-5-7-9-11-13-15-18-16(17)14-12-10-8-6-4-2/h3-14H,15H2,1-2H3/b5-3+,6-4+,9-7+,10-8+,13-11+,14-12+. The van der Waals surface area contributed by atoms with Crippen molar-refractivity contribution in [1.29, 1.82) is 0 Å². The number of esters is 1. The van der Waals surface area contributed by atoms with E-state index in [1.54, 1.807) is 18.2 Å². The summed E-state index contributed by atoms with van der Waals surface area (Å²) >= 11 is 0. The molecule has 0 aromatic carbocycles. The van der Waals surface area contributed by atoms with Gasteiger partial charge in [0.25, 0.3) is 0 Å². The summed E-state index contributed by atoms with van der Waals surface area (Å²) in [4.78, 5) is 11.2. The lowest BCUT2D eigenvalue weighted by Crippen LogP contribution is -1.99. The summed E-state index contributed by atoms with van der Waals surface area (Å²) in [6.45, 7) is 4.16. The van der Waals surface area contributed by atoms with Gasteiger partial charge in [-0.3, -0.25) is 0 Å². The lowest BCUT2D eigenvalue weighted by atomic mass is 10.4. The van der Waals surface area contributed by atoms with Crippen molar-refractivity contribution in [2.45, 2.75) is 13.8 Å². The smallest absolute Gasteiger partial charge is 0.331 e. The van der Waals surface area contributed by atoms with Crippen LogP contribution >= 0.6 is 0 Å². The molecule has 0 amide bonds. The van der Waals surface area contributed by atoms with Gasteiger partial charge in [-0.15, -0.1) is 0 Å². The van der Waals surface area contributed by atoms with Crippen molar-refractivity contribution in [2.75, 3.05) is 6.61 Å². The average Bonchev–Trinajstić information content (AvgIpc) is 2.37. The topological polar surface area (TPSA) is 26.3 Å². The Morgan fingerprint density at radius 1 is 0.833 bits per heavy atom. The van der Waals surface area contributed by atoms with E-state index >= 15 is 0 Å². The molecule has 0 aromatic heterocycles. The molecule has 0 aliphatic rings. The summed E-state index contributed by atoms with van der Waals surface area (Å²) in [5.74, 6) is -0.345. The summed E-state index contributed by atoms with van der Waals surface area (Å²) in [7, 11) is 0. The Kier molecular flexibility index (Phi) is 11.5. The Bertz CT molecular complexity index is 380. The molecule has 0 radical (unpaired) electrons. The summed E-state index contributed by atoms with van der Waals surface area (Å²) < 4.78 is 4.94. The van der Waals surface area contributed by atoms with Crippen molar-refractivity contribution >= 4 is 5.97 Å². The maximum atomic E-state index is 11.2. The summed E-state index contributed by atoms with van der Waals surface area (Å²) in [5, 5.41) is 0. The predicted octanol–water partition coefficient (Wildman–Crippen LogP) is 3.91. The molecule has 0 fully saturated rings. The first-order chi connectivity index (χ1) is 8.81. The van der Waals surface area contributed by atoms with Gasteiger partial charge < -0.3 is 4.74 Å². The van der Waals surface area contributed by atoms with Crippen LogP contribution in [0.3, 0.4) is 0 Å². The molecule has 18 heavy (non-hydrogen) atoms. The van der Waals surface area contributed by atoms with Crippen LogP contribution in [0.25, 0.3) is 0 Å². The second-order valence-electron chi connectivity index (χ2n) is 3.24. The third kappa shape index (κ3) is 12.0. The van der Waals surface area contributed by atoms with Crippen molar-refractivity contribution < 1.29 is 9.53 Å². The van der Waals surface area contributed by atoms with Crippen LogP contribution in [-0.2, 0) is 9.53 Å². The van der Waals surface area contributed by atoms with Crippen LogP contribution in [0, 0.1) is 0 Å². The summed E-state index contributed by atoms with van der Waals surface area (Å²) in [6.07, 6.45) is 21.7. The fourth-order valence-corrected chi connectivity index (χ4v) is 0.925. The second-order valence-corrected chi connectivity index (χ2v) is 3.24. The van der Waals surface area contributed by atoms with Gasteiger partial charge in [-0.2, -0.15) is 0 Å². The summed E-state index contributed by atoms with van der Waals surface area (Å²) in [6, 6.07) is 0. The molecule has 0 heterocycles. The van der Waals surface area contributed by atoms with Crippen LogP contribution in [0.2, 0.25) is 0 Å². The number of ether oxygens (including phenoxy) is 1. The zero-order chi connectivity index (χ0) is 13.5. The number of allylic oxidation sites excluding steroid dienone is 10. The van der Waals surface area contributed by atoms with Crippen LogP contribution in [0.5, 0.6) is 0 Å². The molecule has 0 spiro atoms. The molecular weight excluding hydrogens is 224 g/mol. The van der Waals surface area contributed by atoms with Crippen molar-refractivity contribution in [1.82, 2.24) is 0 Å². The molecule has 0 unspecified atom stereocenters. The van der Waals surface area contributed by atoms with E-state index in [-0.39, 0.29) is 12.6 Å². The van der Waals surface area contributed by atoms with Crippen LogP contribution < -0.4 is 0 Å². The van der Waals surface area contributed by atoms with Crippen molar-refractivity contribution in [3.63, 3.8) is 0 Å². The minimum Gasteiger partial charge on any atom is -0.458 e. The molecular formula is C16H20O2. The van der Waals surface area contributed by atoms with Gasteiger partial charge in [0.15, 0.2) is 0 Å². The van der Waals surface area contributed by atoms with Gasteiger partial charge in [-0.05, 0) is 19.9 Å². The first-order valence-corrected chi connectivity index (χ1v) is 5.88. The maximum Gasteiger partial charge on any atom is 0.331 e. The monoisotopic (exact) mass is 244 g/mol. The second kappa shape index (κ2) is 13.0. The quantitative estimate of drug-likeness (QED) is 0.385.